The van der Waals surface area contributed by atoms with Crippen molar-refractivity contribution in [3.05, 3.63) is 40.8 Å². The molecule has 0 bridgehead atoms. The van der Waals surface area contributed by atoms with Crippen molar-refractivity contribution in [1.82, 2.24) is 4.57 Å². The zero-order valence-electron chi connectivity index (χ0n) is 8.50. The van der Waals surface area contributed by atoms with Crippen LogP contribution in [-0.2, 0) is 7.05 Å². The van der Waals surface area contributed by atoms with E-state index in [4.69, 9.17) is 0 Å². The first-order chi connectivity index (χ1) is 6.65. The Bertz CT molecular complexity index is 430. The molecule has 0 aromatic carbocycles. The van der Waals surface area contributed by atoms with Crippen molar-refractivity contribution in [3.63, 3.8) is 0 Å². The molecule has 0 amide bonds. The SMILES string of the molecule is C=Cc1cc(NC)c(=O)n(C)c1C=C. The fraction of sp³-hybridized carbons (Fsp3) is 0.182. The van der Waals surface area contributed by atoms with Crippen LogP contribution in [0.3, 0.4) is 0 Å². The largest absolute Gasteiger partial charge is 0.384 e. The Morgan fingerprint density at radius 3 is 2.50 bits per heavy atom. The minimum Gasteiger partial charge on any atom is -0.384 e. The smallest absolute Gasteiger partial charge is 0.274 e. The summed E-state index contributed by atoms with van der Waals surface area (Å²) in [6, 6.07) is 1.77. The molecule has 1 rings (SSSR count). The Balaban J connectivity index is 3.62. The van der Waals surface area contributed by atoms with Gasteiger partial charge in [0, 0.05) is 14.1 Å². The summed E-state index contributed by atoms with van der Waals surface area (Å²) in [6.07, 6.45) is 3.36. The minimum atomic E-state index is -0.0620. The highest BCUT2D eigenvalue weighted by Gasteiger charge is 2.06. The fourth-order valence-electron chi connectivity index (χ4n) is 1.37. The maximum Gasteiger partial charge on any atom is 0.274 e. The molecule has 74 valence electrons. The predicted molar refractivity (Wildman–Crippen MR) is 61.4 cm³/mol. The van der Waals surface area contributed by atoms with Crippen LogP contribution in [0, 0.1) is 0 Å². The highest BCUT2D eigenvalue weighted by atomic mass is 16.1. The van der Waals surface area contributed by atoms with Crippen LogP contribution < -0.4 is 10.9 Å². The summed E-state index contributed by atoms with van der Waals surface area (Å²) in [5.74, 6) is 0. The topological polar surface area (TPSA) is 34.0 Å². The maximum atomic E-state index is 11.7. The van der Waals surface area contributed by atoms with Crippen LogP contribution in [0.1, 0.15) is 11.3 Å². The van der Waals surface area contributed by atoms with Gasteiger partial charge in [0.1, 0.15) is 5.69 Å². The second kappa shape index (κ2) is 3.96. The lowest BCUT2D eigenvalue weighted by Gasteiger charge is -2.10. The summed E-state index contributed by atoms with van der Waals surface area (Å²) in [5, 5.41) is 2.85. The lowest BCUT2D eigenvalue weighted by Crippen LogP contribution is -2.22. The normalized spacial score (nSPS) is 9.57. The van der Waals surface area contributed by atoms with Gasteiger partial charge in [-0.15, -0.1) is 0 Å². The van der Waals surface area contributed by atoms with Crippen molar-refractivity contribution in [2.24, 2.45) is 7.05 Å². The minimum absolute atomic E-state index is 0.0620. The zero-order chi connectivity index (χ0) is 10.7. The summed E-state index contributed by atoms with van der Waals surface area (Å²) < 4.78 is 1.55. The average molecular weight is 190 g/mol. The Kier molecular flexibility index (Phi) is 2.92. The first kappa shape index (κ1) is 10.3. The molecule has 0 unspecified atom stereocenters. The molecule has 0 aliphatic rings. The molecule has 1 N–H and O–H groups in total. The number of aromatic nitrogens is 1. The first-order valence-electron chi connectivity index (χ1n) is 4.32. The van der Waals surface area contributed by atoms with Crippen molar-refractivity contribution in [2.75, 3.05) is 12.4 Å². The third-order valence-electron chi connectivity index (χ3n) is 2.17. The molecule has 0 fully saturated rings. The number of hydrogen-bond acceptors (Lipinski definition) is 2. The highest BCUT2D eigenvalue weighted by Crippen LogP contribution is 2.13. The lowest BCUT2D eigenvalue weighted by molar-refractivity contribution is 0.848. The number of hydrogen-bond donors (Lipinski definition) is 1. The van der Waals surface area contributed by atoms with Gasteiger partial charge in [0.25, 0.3) is 5.56 Å². The van der Waals surface area contributed by atoms with Gasteiger partial charge in [0.05, 0.1) is 5.69 Å². The molecule has 0 atom stereocenters. The van der Waals surface area contributed by atoms with E-state index in [-0.39, 0.29) is 5.56 Å². The molecule has 3 nitrogen and oxygen atoms in total. The summed E-state index contributed by atoms with van der Waals surface area (Å²) in [7, 11) is 3.43. The molecular formula is C11H14N2O. The van der Waals surface area contributed by atoms with Crippen LogP contribution in [0.4, 0.5) is 5.69 Å². The predicted octanol–water partition coefficient (Wildman–Crippen LogP) is 1.71. The average Bonchev–Trinajstić information content (AvgIpc) is 2.21. The molecule has 3 heteroatoms. The molecule has 1 aromatic rings. The van der Waals surface area contributed by atoms with Gasteiger partial charge in [-0.25, -0.2) is 0 Å². The number of nitrogens with zero attached hydrogens (tertiary/aromatic N) is 1. The van der Waals surface area contributed by atoms with Crippen LogP contribution in [0.5, 0.6) is 0 Å². The van der Waals surface area contributed by atoms with Gasteiger partial charge in [0.15, 0.2) is 0 Å². The van der Waals surface area contributed by atoms with Crippen LogP contribution >= 0.6 is 0 Å². The van der Waals surface area contributed by atoms with Crippen LogP contribution in [0.2, 0.25) is 0 Å². The van der Waals surface area contributed by atoms with Crippen molar-refractivity contribution >= 4 is 17.8 Å². The molecule has 14 heavy (non-hydrogen) atoms. The number of rotatable bonds is 3. The van der Waals surface area contributed by atoms with Crippen molar-refractivity contribution in [1.29, 1.82) is 0 Å². The Morgan fingerprint density at radius 1 is 1.43 bits per heavy atom. The Hall–Kier alpha value is -1.77. The third kappa shape index (κ3) is 1.48. The fourth-order valence-corrected chi connectivity index (χ4v) is 1.37. The van der Waals surface area contributed by atoms with E-state index in [1.807, 2.05) is 0 Å². The molecule has 0 spiro atoms. The molecule has 0 aliphatic carbocycles. The zero-order valence-corrected chi connectivity index (χ0v) is 8.50. The highest BCUT2D eigenvalue weighted by molar-refractivity contribution is 5.65. The van der Waals surface area contributed by atoms with Crippen LogP contribution in [-0.4, -0.2) is 11.6 Å². The summed E-state index contributed by atoms with van der Waals surface area (Å²) in [5.41, 5.74) is 2.18. The van der Waals surface area contributed by atoms with E-state index >= 15 is 0 Å². The van der Waals surface area contributed by atoms with Gasteiger partial charge < -0.3 is 9.88 Å². The van der Waals surface area contributed by atoms with Crippen molar-refractivity contribution in [3.8, 4) is 0 Å². The third-order valence-corrected chi connectivity index (χ3v) is 2.17. The molecule has 0 aliphatic heterocycles. The van der Waals surface area contributed by atoms with Crippen molar-refractivity contribution < 1.29 is 0 Å². The van der Waals surface area contributed by atoms with Gasteiger partial charge in [0.2, 0.25) is 0 Å². The van der Waals surface area contributed by atoms with Gasteiger partial charge in [-0.1, -0.05) is 19.2 Å². The van der Waals surface area contributed by atoms with Gasteiger partial charge in [-0.3, -0.25) is 4.79 Å². The summed E-state index contributed by atoms with van der Waals surface area (Å²) >= 11 is 0. The van der Waals surface area contributed by atoms with Gasteiger partial charge in [-0.2, -0.15) is 0 Å². The van der Waals surface area contributed by atoms with E-state index in [1.165, 1.54) is 0 Å². The standard InChI is InChI=1S/C11H14N2O/c1-5-8-7-9(12-3)11(14)13(4)10(8)6-2/h5-7,12H,1-2H2,3-4H3. The number of anilines is 1. The van der Waals surface area contributed by atoms with Crippen LogP contribution in [0.25, 0.3) is 12.2 Å². The molecule has 1 aromatic heterocycles. The quantitative estimate of drug-likeness (QED) is 0.787. The Labute approximate surface area is 83.4 Å². The lowest BCUT2D eigenvalue weighted by atomic mass is 10.1. The van der Waals surface area contributed by atoms with E-state index in [1.54, 1.807) is 36.9 Å². The second-order valence-electron chi connectivity index (χ2n) is 2.92. The monoisotopic (exact) mass is 190 g/mol. The maximum absolute atomic E-state index is 11.7. The van der Waals surface area contributed by atoms with Gasteiger partial charge >= 0.3 is 0 Å². The van der Waals surface area contributed by atoms with E-state index in [9.17, 15) is 4.79 Å². The summed E-state index contributed by atoms with van der Waals surface area (Å²) in [4.78, 5) is 11.7. The van der Waals surface area contributed by atoms with Gasteiger partial charge in [-0.05, 0) is 17.7 Å². The molecule has 1 heterocycles. The second-order valence-corrected chi connectivity index (χ2v) is 2.92. The first-order valence-corrected chi connectivity index (χ1v) is 4.32. The van der Waals surface area contributed by atoms with Crippen molar-refractivity contribution in [2.45, 2.75) is 0 Å². The molecule has 0 saturated carbocycles. The molecular weight excluding hydrogens is 176 g/mol. The Morgan fingerprint density at radius 2 is 2.07 bits per heavy atom. The van der Waals surface area contributed by atoms with E-state index in [2.05, 4.69) is 18.5 Å². The molecule has 0 saturated heterocycles. The van der Waals surface area contributed by atoms with Crippen LogP contribution in [0.15, 0.2) is 24.0 Å². The van der Waals surface area contributed by atoms with E-state index in [0.29, 0.717) is 5.69 Å². The van der Waals surface area contributed by atoms with E-state index < -0.39 is 0 Å². The number of nitrogens with one attached hydrogen (secondary N) is 1. The number of pyridine rings is 1. The van der Waals surface area contributed by atoms with E-state index in [0.717, 1.165) is 11.3 Å². The summed E-state index contributed by atoms with van der Waals surface area (Å²) in [6.45, 7) is 7.36. The molecule has 0 radical (unpaired) electrons.